The monoisotopic (exact) mass is 237 g/mol. The maximum atomic E-state index is 5.59. The Hall–Kier alpha value is -1.22. The maximum Gasteiger partial charge on any atom is 0.121 e. The van der Waals surface area contributed by atoms with E-state index in [2.05, 4.69) is 18.3 Å². The third-order valence-corrected chi connectivity index (χ3v) is 2.39. The van der Waals surface area contributed by atoms with Crippen LogP contribution in [0.5, 0.6) is 5.75 Å². The molecule has 1 aromatic rings. The van der Waals surface area contributed by atoms with Gasteiger partial charge in [0.05, 0.1) is 6.61 Å². The molecule has 0 aliphatic rings. The lowest BCUT2D eigenvalue weighted by Crippen LogP contribution is -2.06. The highest BCUT2D eigenvalue weighted by atomic mass is 16.5. The van der Waals surface area contributed by atoms with Crippen LogP contribution in [0.4, 0.5) is 5.69 Å². The summed E-state index contributed by atoms with van der Waals surface area (Å²) < 4.78 is 10.8. The van der Waals surface area contributed by atoms with Gasteiger partial charge in [-0.1, -0.05) is 19.4 Å². The van der Waals surface area contributed by atoms with Gasteiger partial charge in [-0.2, -0.15) is 0 Å². The number of nitrogens with one attached hydrogen (secondary N) is 1. The van der Waals surface area contributed by atoms with Crippen LogP contribution in [0.3, 0.4) is 0 Å². The Morgan fingerprint density at radius 3 is 2.82 bits per heavy atom. The first-order chi connectivity index (χ1) is 8.36. The Kier molecular flexibility index (Phi) is 7.23. The van der Waals surface area contributed by atoms with Crippen LogP contribution in [0.15, 0.2) is 24.3 Å². The van der Waals surface area contributed by atoms with Gasteiger partial charge >= 0.3 is 0 Å². The summed E-state index contributed by atoms with van der Waals surface area (Å²) in [7, 11) is 0. The van der Waals surface area contributed by atoms with Gasteiger partial charge in [-0.15, -0.1) is 0 Å². The fourth-order valence-electron chi connectivity index (χ4n) is 1.47. The van der Waals surface area contributed by atoms with Crippen molar-refractivity contribution in [3.05, 3.63) is 24.3 Å². The number of hydrogen-bond acceptors (Lipinski definition) is 3. The molecule has 0 aromatic heterocycles. The lowest BCUT2D eigenvalue weighted by molar-refractivity contribution is 0.110. The second-order valence-electron chi connectivity index (χ2n) is 3.85. The molecular weight excluding hydrogens is 214 g/mol. The van der Waals surface area contributed by atoms with E-state index in [-0.39, 0.29) is 0 Å². The highest BCUT2D eigenvalue weighted by Crippen LogP contribution is 2.17. The van der Waals surface area contributed by atoms with E-state index in [1.807, 2.05) is 25.1 Å². The summed E-state index contributed by atoms with van der Waals surface area (Å²) in [5.41, 5.74) is 1.12. The summed E-state index contributed by atoms with van der Waals surface area (Å²) in [6.07, 6.45) is 2.40. The zero-order valence-electron chi connectivity index (χ0n) is 10.9. The van der Waals surface area contributed by atoms with Crippen LogP contribution in [0.2, 0.25) is 0 Å². The van der Waals surface area contributed by atoms with Gasteiger partial charge in [0.2, 0.25) is 0 Å². The van der Waals surface area contributed by atoms with Crippen LogP contribution in [0.1, 0.15) is 26.7 Å². The van der Waals surface area contributed by atoms with Gasteiger partial charge in [-0.25, -0.2) is 0 Å². The number of ether oxygens (including phenoxy) is 2. The van der Waals surface area contributed by atoms with Crippen molar-refractivity contribution in [2.24, 2.45) is 0 Å². The van der Waals surface area contributed by atoms with E-state index in [9.17, 15) is 0 Å². The normalized spacial score (nSPS) is 10.2. The molecule has 0 unspecified atom stereocenters. The molecule has 0 aliphatic carbocycles. The van der Waals surface area contributed by atoms with Crippen LogP contribution in [-0.2, 0) is 4.74 Å². The third kappa shape index (κ3) is 6.17. The third-order valence-electron chi connectivity index (χ3n) is 2.39. The molecule has 3 heteroatoms. The van der Waals surface area contributed by atoms with Gasteiger partial charge in [0.1, 0.15) is 12.4 Å². The number of hydrogen-bond donors (Lipinski definition) is 1. The van der Waals surface area contributed by atoms with E-state index in [0.29, 0.717) is 13.2 Å². The van der Waals surface area contributed by atoms with E-state index in [1.165, 1.54) is 12.8 Å². The van der Waals surface area contributed by atoms with Gasteiger partial charge in [-0.05, 0) is 25.5 Å². The minimum absolute atomic E-state index is 0.603. The maximum absolute atomic E-state index is 5.59. The second-order valence-corrected chi connectivity index (χ2v) is 3.85. The van der Waals surface area contributed by atoms with Gasteiger partial charge < -0.3 is 14.8 Å². The van der Waals surface area contributed by atoms with Crippen molar-refractivity contribution < 1.29 is 9.47 Å². The predicted octanol–water partition coefficient (Wildman–Crippen LogP) is 3.31. The molecule has 0 saturated heterocycles. The fourth-order valence-corrected chi connectivity index (χ4v) is 1.47. The van der Waals surface area contributed by atoms with Crippen molar-refractivity contribution in [1.29, 1.82) is 0 Å². The molecule has 0 fully saturated rings. The van der Waals surface area contributed by atoms with Crippen molar-refractivity contribution in [1.82, 2.24) is 0 Å². The minimum atomic E-state index is 0.603. The summed E-state index contributed by atoms with van der Waals surface area (Å²) >= 11 is 0. The average Bonchev–Trinajstić information content (AvgIpc) is 2.36. The first kappa shape index (κ1) is 13.8. The molecule has 17 heavy (non-hydrogen) atoms. The van der Waals surface area contributed by atoms with Crippen LogP contribution in [0, 0.1) is 0 Å². The van der Waals surface area contributed by atoms with Crippen molar-refractivity contribution >= 4 is 5.69 Å². The Labute approximate surface area is 104 Å². The summed E-state index contributed by atoms with van der Waals surface area (Å²) in [6, 6.07) is 8.06. The molecule has 0 amide bonds. The summed E-state index contributed by atoms with van der Waals surface area (Å²) in [5, 5.41) is 3.38. The molecule has 0 spiro atoms. The van der Waals surface area contributed by atoms with Gasteiger partial charge in [0, 0.05) is 24.9 Å². The first-order valence-corrected chi connectivity index (χ1v) is 6.41. The second kappa shape index (κ2) is 8.88. The fraction of sp³-hybridized carbons (Fsp3) is 0.571. The van der Waals surface area contributed by atoms with Crippen molar-refractivity contribution in [2.45, 2.75) is 26.7 Å². The molecule has 0 aliphatic heterocycles. The van der Waals surface area contributed by atoms with E-state index >= 15 is 0 Å². The zero-order valence-corrected chi connectivity index (χ0v) is 10.9. The summed E-state index contributed by atoms with van der Waals surface area (Å²) in [6.45, 7) is 7.17. The van der Waals surface area contributed by atoms with Gasteiger partial charge in [0.25, 0.3) is 0 Å². The largest absolute Gasteiger partial charge is 0.491 e. The number of anilines is 1. The lowest BCUT2D eigenvalue weighted by atomic mass is 10.3. The SMILES string of the molecule is CCCCNc1cccc(OCCOCC)c1. The topological polar surface area (TPSA) is 30.5 Å². The average molecular weight is 237 g/mol. The highest BCUT2D eigenvalue weighted by Gasteiger charge is 1.96. The van der Waals surface area contributed by atoms with Crippen molar-refractivity contribution in [3.63, 3.8) is 0 Å². The van der Waals surface area contributed by atoms with Crippen LogP contribution in [0.25, 0.3) is 0 Å². The Morgan fingerprint density at radius 1 is 1.18 bits per heavy atom. The lowest BCUT2D eigenvalue weighted by Gasteiger charge is -2.09. The molecule has 3 nitrogen and oxygen atoms in total. The van der Waals surface area contributed by atoms with E-state index < -0.39 is 0 Å². The molecule has 0 atom stereocenters. The molecule has 0 bridgehead atoms. The summed E-state index contributed by atoms with van der Waals surface area (Å²) in [5.74, 6) is 0.895. The minimum Gasteiger partial charge on any atom is -0.491 e. The zero-order chi connectivity index (χ0) is 12.3. The Morgan fingerprint density at radius 2 is 2.06 bits per heavy atom. The smallest absolute Gasteiger partial charge is 0.121 e. The van der Waals surface area contributed by atoms with Crippen LogP contribution in [-0.4, -0.2) is 26.4 Å². The van der Waals surface area contributed by atoms with E-state index in [4.69, 9.17) is 9.47 Å². The number of unbranched alkanes of at least 4 members (excludes halogenated alkanes) is 1. The number of rotatable bonds is 9. The van der Waals surface area contributed by atoms with Crippen LogP contribution < -0.4 is 10.1 Å². The quantitative estimate of drug-likeness (QED) is 0.668. The van der Waals surface area contributed by atoms with E-state index in [1.54, 1.807) is 0 Å². The number of benzene rings is 1. The summed E-state index contributed by atoms with van der Waals surface area (Å²) in [4.78, 5) is 0. The molecule has 0 radical (unpaired) electrons. The Balaban J connectivity index is 2.31. The first-order valence-electron chi connectivity index (χ1n) is 6.41. The van der Waals surface area contributed by atoms with Gasteiger partial charge in [0.15, 0.2) is 0 Å². The predicted molar refractivity (Wildman–Crippen MR) is 71.8 cm³/mol. The molecule has 1 N–H and O–H groups in total. The Bertz CT molecular complexity index is 302. The highest BCUT2D eigenvalue weighted by molar-refractivity contribution is 5.48. The molecule has 0 heterocycles. The molecule has 96 valence electrons. The van der Waals surface area contributed by atoms with Crippen molar-refractivity contribution in [3.8, 4) is 5.75 Å². The van der Waals surface area contributed by atoms with E-state index in [0.717, 1.165) is 24.6 Å². The molecule has 1 aromatic carbocycles. The van der Waals surface area contributed by atoms with Gasteiger partial charge in [-0.3, -0.25) is 0 Å². The molecule has 1 rings (SSSR count). The standard InChI is InChI=1S/C14H23NO2/c1-3-5-9-15-13-7-6-8-14(12-13)17-11-10-16-4-2/h6-8,12,15H,3-5,9-11H2,1-2H3. The molecular formula is C14H23NO2. The van der Waals surface area contributed by atoms with Crippen molar-refractivity contribution in [2.75, 3.05) is 31.7 Å². The van der Waals surface area contributed by atoms with Crippen LogP contribution >= 0.6 is 0 Å². The molecule has 0 saturated carbocycles.